The molecule has 2 saturated heterocycles. The molecule has 4 aliphatic rings. The third-order valence-corrected chi connectivity index (χ3v) is 8.88. The molecule has 5 heterocycles. The van der Waals surface area contributed by atoms with Crippen LogP contribution in [0.4, 0.5) is 11.5 Å². The van der Waals surface area contributed by atoms with E-state index in [1.807, 2.05) is 40.8 Å². The first-order valence-corrected chi connectivity index (χ1v) is 14.2. The molecule has 3 aliphatic heterocycles. The minimum absolute atomic E-state index is 0.00333. The predicted molar refractivity (Wildman–Crippen MR) is 153 cm³/mol. The van der Waals surface area contributed by atoms with E-state index < -0.39 is 0 Å². The molecule has 2 aromatic heterocycles. The summed E-state index contributed by atoms with van der Waals surface area (Å²) in [5.41, 5.74) is 7.25. The van der Waals surface area contributed by atoms with E-state index in [0.717, 1.165) is 72.5 Å². The first-order chi connectivity index (χ1) is 20.0. The summed E-state index contributed by atoms with van der Waals surface area (Å²) in [6.07, 6.45) is 5.33. The van der Waals surface area contributed by atoms with Crippen LogP contribution in [0.25, 0.3) is 27.4 Å². The van der Waals surface area contributed by atoms with E-state index in [9.17, 15) is 4.79 Å². The van der Waals surface area contributed by atoms with Crippen LogP contribution in [0.3, 0.4) is 0 Å². The summed E-state index contributed by atoms with van der Waals surface area (Å²) >= 11 is 0. The number of carbonyl (C=O) groups is 1. The zero-order valence-electron chi connectivity index (χ0n) is 22.8. The van der Waals surface area contributed by atoms with Crippen molar-refractivity contribution in [1.82, 2.24) is 24.6 Å². The predicted octanol–water partition coefficient (Wildman–Crippen LogP) is 5.11. The number of pyridine rings is 1. The number of fused-ring (bicyclic) bond motifs is 3. The van der Waals surface area contributed by atoms with Crippen molar-refractivity contribution in [2.45, 2.75) is 50.4 Å². The second-order valence-corrected chi connectivity index (χ2v) is 11.7. The lowest BCUT2D eigenvalue weighted by Crippen LogP contribution is -2.36. The summed E-state index contributed by atoms with van der Waals surface area (Å²) in [7, 11) is 1.90. The lowest BCUT2D eigenvalue weighted by molar-refractivity contribution is 0.0273. The summed E-state index contributed by atoms with van der Waals surface area (Å²) in [6.45, 7) is 10.7. The molecule has 1 aliphatic carbocycles. The van der Waals surface area contributed by atoms with Gasteiger partial charge in [-0.2, -0.15) is 0 Å². The quantitative estimate of drug-likeness (QED) is 0.315. The highest BCUT2D eigenvalue weighted by atomic mass is 16.5. The van der Waals surface area contributed by atoms with Crippen molar-refractivity contribution in [3.63, 3.8) is 0 Å². The van der Waals surface area contributed by atoms with Gasteiger partial charge in [0.25, 0.3) is 5.91 Å². The normalized spacial score (nSPS) is 21.5. The molecular formula is C32H29N7O2. The van der Waals surface area contributed by atoms with Crippen LogP contribution in [-0.2, 0) is 24.9 Å². The average Bonchev–Trinajstić information content (AvgIpc) is 3.25. The highest BCUT2D eigenvalue weighted by Gasteiger charge is 2.39. The fourth-order valence-electron chi connectivity index (χ4n) is 6.52. The third kappa shape index (κ3) is 4.22. The summed E-state index contributed by atoms with van der Waals surface area (Å²) in [6, 6.07) is 16.6. The number of morpholine rings is 1. The van der Waals surface area contributed by atoms with E-state index in [1.54, 1.807) is 6.33 Å². The molecule has 204 valence electrons. The Kier molecular flexibility index (Phi) is 5.56. The molecule has 4 aromatic rings. The molecule has 9 nitrogen and oxygen atoms in total. The van der Waals surface area contributed by atoms with Crippen LogP contribution >= 0.6 is 0 Å². The maximum Gasteiger partial charge on any atom is 0.260 e. The molecule has 2 bridgehead atoms. The van der Waals surface area contributed by atoms with Gasteiger partial charge in [0.15, 0.2) is 11.5 Å². The first kappa shape index (κ1) is 24.4. The Morgan fingerprint density at radius 2 is 1.98 bits per heavy atom. The number of hydrogen-bond donors (Lipinski definition) is 0. The fourth-order valence-corrected chi connectivity index (χ4v) is 6.52. The molecule has 0 N–H and O–H groups in total. The summed E-state index contributed by atoms with van der Waals surface area (Å²) in [5, 5.41) is 8.40. The number of aromatic nitrogens is 4. The third-order valence-electron chi connectivity index (χ3n) is 8.88. The lowest BCUT2D eigenvalue weighted by Gasteiger charge is -2.26. The smallest absolute Gasteiger partial charge is 0.260 e. The second-order valence-electron chi connectivity index (χ2n) is 11.7. The van der Waals surface area contributed by atoms with Gasteiger partial charge >= 0.3 is 0 Å². The Balaban J connectivity index is 1.15. The molecule has 0 radical (unpaired) electrons. The van der Waals surface area contributed by atoms with E-state index >= 15 is 0 Å². The first-order valence-electron chi connectivity index (χ1n) is 14.2. The number of likely N-dealkylation sites (tertiary alicyclic amines) is 1. The van der Waals surface area contributed by atoms with Crippen LogP contribution in [0.1, 0.15) is 52.4 Å². The number of hydrogen-bond acceptors (Lipinski definition) is 6. The number of carbonyl (C=O) groups excluding carboxylic acids is 1. The van der Waals surface area contributed by atoms with E-state index in [0.29, 0.717) is 41.9 Å². The molecule has 1 saturated carbocycles. The lowest BCUT2D eigenvalue weighted by atomic mass is 9.97. The van der Waals surface area contributed by atoms with E-state index in [4.69, 9.17) is 16.3 Å². The molecule has 3 fully saturated rings. The van der Waals surface area contributed by atoms with Gasteiger partial charge < -0.3 is 9.30 Å². The number of amides is 1. The molecule has 1 amide bonds. The van der Waals surface area contributed by atoms with Gasteiger partial charge in [-0.3, -0.25) is 14.6 Å². The maximum atomic E-state index is 13.8. The molecule has 41 heavy (non-hydrogen) atoms. The van der Waals surface area contributed by atoms with Crippen molar-refractivity contribution in [2.75, 3.05) is 18.1 Å². The average molecular weight is 544 g/mol. The molecule has 9 heteroatoms. The van der Waals surface area contributed by atoms with Gasteiger partial charge in [-0.05, 0) is 65.8 Å². The number of aryl methyl sites for hydroxylation is 1. The van der Waals surface area contributed by atoms with E-state index in [-0.39, 0.29) is 5.91 Å². The van der Waals surface area contributed by atoms with Gasteiger partial charge in [-0.1, -0.05) is 24.3 Å². The number of benzene rings is 2. The second kappa shape index (κ2) is 9.33. The highest BCUT2D eigenvalue weighted by molar-refractivity contribution is 6.10. The van der Waals surface area contributed by atoms with Crippen LogP contribution in [0.2, 0.25) is 0 Å². The van der Waals surface area contributed by atoms with Gasteiger partial charge in [-0.25, -0.2) is 9.83 Å². The molecule has 0 spiro atoms. The fraction of sp³-hybridized carbons (Fsp3) is 0.344. The highest BCUT2D eigenvalue weighted by Crippen LogP contribution is 2.43. The van der Waals surface area contributed by atoms with Crippen LogP contribution in [0.5, 0.6) is 0 Å². The Morgan fingerprint density at radius 1 is 1.07 bits per heavy atom. The van der Waals surface area contributed by atoms with Crippen LogP contribution in [0.15, 0.2) is 54.9 Å². The van der Waals surface area contributed by atoms with Crippen LogP contribution in [0, 0.1) is 6.57 Å². The standard InChI is InChI=1S/C32H29N7O2/c1-33-23-7-8-26(28(12-23)31-36-34-18-37(31)2)22-10-29(20-5-6-20)35-30(11-22)39-15-21-4-3-19(9-27(21)32(39)40)14-38-16-25-13-24(38)17-41-25/h3-4,7-12,18,20,24-25H,5-6,13-17H2,2H3/t24-,25-/m0/s1. The molecular weight excluding hydrogens is 514 g/mol. The van der Waals surface area contributed by atoms with Crippen molar-refractivity contribution >= 4 is 17.4 Å². The number of ether oxygens (including phenoxy) is 1. The van der Waals surface area contributed by atoms with Crippen LogP contribution < -0.4 is 4.90 Å². The van der Waals surface area contributed by atoms with Gasteiger partial charge in [0.2, 0.25) is 0 Å². The van der Waals surface area contributed by atoms with Gasteiger partial charge in [0.05, 0.1) is 25.8 Å². The van der Waals surface area contributed by atoms with Crippen LogP contribution in [-0.4, -0.2) is 55.9 Å². The van der Waals surface area contributed by atoms with Gasteiger partial charge in [0.1, 0.15) is 12.1 Å². The van der Waals surface area contributed by atoms with Crippen molar-refractivity contribution in [3.05, 3.63) is 88.7 Å². The topological polar surface area (TPSA) is 80.7 Å². The number of rotatable bonds is 6. The zero-order valence-corrected chi connectivity index (χ0v) is 22.8. The van der Waals surface area contributed by atoms with Crippen molar-refractivity contribution in [3.8, 4) is 22.5 Å². The molecule has 2 atom stereocenters. The van der Waals surface area contributed by atoms with E-state index in [1.165, 1.54) is 5.56 Å². The summed E-state index contributed by atoms with van der Waals surface area (Å²) in [4.78, 5) is 26.8. The van der Waals surface area contributed by atoms with Crippen molar-refractivity contribution in [1.29, 1.82) is 0 Å². The SMILES string of the molecule is [C-]#[N+]c1ccc(-c2cc(C3CC3)nc(N3Cc4ccc(CN5C[C@@H]6C[C@H]5CO6)cc4C3=O)c2)c(-c2nncn2C)c1. The van der Waals surface area contributed by atoms with Crippen molar-refractivity contribution in [2.24, 2.45) is 7.05 Å². The minimum Gasteiger partial charge on any atom is -0.375 e. The Bertz CT molecular complexity index is 1750. The molecule has 0 unspecified atom stereocenters. The van der Waals surface area contributed by atoms with E-state index in [2.05, 4.69) is 44.2 Å². The van der Waals surface area contributed by atoms with Crippen molar-refractivity contribution < 1.29 is 9.53 Å². The number of anilines is 1. The minimum atomic E-state index is -0.00333. The van der Waals surface area contributed by atoms with Gasteiger partial charge in [0, 0.05) is 48.9 Å². The summed E-state index contributed by atoms with van der Waals surface area (Å²) in [5.74, 6) is 1.75. The molecule has 8 rings (SSSR count). The number of nitrogens with zero attached hydrogens (tertiary/aromatic N) is 7. The Labute approximate surface area is 238 Å². The largest absolute Gasteiger partial charge is 0.375 e. The zero-order chi connectivity index (χ0) is 27.7. The maximum absolute atomic E-state index is 13.8. The van der Waals surface area contributed by atoms with Gasteiger partial charge in [-0.15, -0.1) is 10.2 Å². The summed E-state index contributed by atoms with van der Waals surface area (Å²) < 4.78 is 7.62. The Morgan fingerprint density at radius 3 is 2.71 bits per heavy atom. The monoisotopic (exact) mass is 543 g/mol. The Hall–Kier alpha value is -4.39. The molecule has 2 aromatic carbocycles.